The number of benzene rings is 1. The van der Waals surface area contributed by atoms with Gasteiger partial charge in [-0.3, -0.25) is 4.57 Å². The number of aliphatic hydroxyl groups excluding tert-OH is 1. The number of nitrogens with zero attached hydrogens (tertiary/aromatic N) is 4. The molecular formula is C24H25ClN4O6S. The number of halogens is 1. The van der Waals surface area contributed by atoms with E-state index in [1.54, 1.807) is 43.3 Å². The largest absolute Gasteiger partial charge is 0.494 e. The predicted octanol–water partition coefficient (Wildman–Crippen LogP) is 3.94. The van der Waals surface area contributed by atoms with E-state index in [4.69, 9.17) is 25.5 Å². The van der Waals surface area contributed by atoms with Crippen LogP contribution in [-0.4, -0.2) is 52.7 Å². The lowest BCUT2D eigenvalue weighted by Crippen LogP contribution is -2.28. The second-order valence-electron chi connectivity index (χ2n) is 8.04. The van der Waals surface area contributed by atoms with Crippen LogP contribution in [0.25, 0.3) is 17.3 Å². The van der Waals surface area contributed by atoms with Crippen molar-refractivity contribution in [3.8, 4) is 28.8 Å². The summed E-state index contributed by atoms with van der Waals surface area (Å²) in [6, 6.07) is 13.3. The van der Waals surface area contributed by atoms with E-state index < -0.39 is 26.9 Å². The zero-order chi connectivity index (χ0) is 26.0. The molecule has 190 valence electrons. The molecule has 3 aromatic heterocycles. The average Bonchev–Trinajstić information content (AvgIpc) is 3.47. The number of aromatic nitrogens is 4. The minimum atomic E-state index is -3.98. The van der Waals surface area contributed by atoms with Crippen LogP contribution in [0, 0.1) is 6.92 Å². The fourth-order valence-electron chi connectivity index (χ4n) is 3.75. The molecule has 0 aliphatic carbocycles. The summed E-state index contributed by atoms with van der Waals surface area (Å²) in [5.41, 5.74) is 0.560. The first-order chi connectivity index (χ1) is 17.2. The number of methoxy groups -OCH3 is 2. The molecule has 12 heteroatoms. The number of para-hydroxylation sites is 1. The van der Waals surface area contributed by atoms with Gasteiger partial charge < -0.3 is 19.0 Å². The van der Waals surface area contributed by atoms with Gasteiger partial charge in [0.25, 0.3) is 0 Å². The molecule has 1 N–H and O–H groups in total. The van der Waals surface area contributed by atoms with Crippen LogP contribution >= 0.6 is 11.6 Å². The Morgan fingerprint density at radius 2 is 1.72 bits per heavy atom. The maximum Gasteiger partial charge on any atom is 0.204 e. The van der Waals surface area contributed by atoms with Gasteiger partial charge in [0.1, 0.15) is 40.0 Å². The van der Waals surface area contributed by atoms with Gasteiger partial charge in [0.2, 0.25) is 5.82 Å². The molecule has 3 heterocycles. The SMILES string of the molecule is COc1cccc(OC)c1-n1c(CS(=O)(=O)[C@@H](C)[C@@H](O)c2cccc(Cl)n2)nnc1-c1ccc(C)o1. The van der Waals surface area contributed by atoms with Crippen molar-refractivity contribution in [2.75, 3.05) is 14.2 Å². The van der Waals surface area contributed by atoms with Crippen molar-refractivity contribution < 1.29 is 27.4 Å². The summed E-state index contributed by atoms with van der Waals surface area (Å²) in [5.74, 6) is 1.65. The second kappa shape index (κ2) is 10.3. The van der Waals surface area contributed by atoms with Crippen LogP contribution in [-0.2, 0) is 15.6 Å². The first-order valence-corrected chi connectivity index (χ1v) is 13.0. The van der Waals surface area contributed by atoms with Crippen LogP contribution in [0.4, 0.5) is 0 Å². The Labute approximate surface area is 213 Å². The fourth-order valence-corrected chi connectivity index (χ4v) is 5.26. The molecule has 0 aliphatic heterocycles. The van der Waals surface area contributed by atoms with Gasteiger partial charge in [-0.1, -0.05) is 23.7 Å². The van der Waals surface area contributed by atoms with Crippen molar-refractivity contribution in [2.45, 2.75) is 31.0 Å². The molecule has 0 fully saturated rings. The molecule has 0 saturated heterocycles. The van der Waals surface area contributed by atoms with Gasteiger partial charge in [-0.25, -0.2) is 13.4 Å². The van der Waals surface area contributed by atoms with E-state index in [0.717, 1.165) is 0 Å². The molecule has 0 spiro atoms. The molecule has 10 nitrogen and oxygen atoms in total. The Balaban J connectivity index is 1.82. The number of ether oxygens (including phenoxy) is 2. The number of hydrogen-bond acceptors (Lipinski definition) is 9. The fraction of sp³-hybridized carbons (Fsp3) is 0.292. The lowest BCUT2D eigenvalue weighted by molar-refractivity contribution is 0.171. The van der Waals surface area contributed by atoms with Crippen LogP contribution in [0.5, 0.6) is 11.5 Å². The van der Waals surface area contributed by atoms with Crippen molar-refractivity contribution >= 4 is 21.4 Å². The Hall–Kier alpha value is -3.41. The van der Waals surface area contributed by atoms with E-state index in [2.05, 4.69) is 15.2 Å². The highest BCUT2D eigenvalue weighted by Gasteiger charge is 2.34. The third-order valence-corrected chi connectivity index (χ3v) is 7.96. The number of hydrogen-bond donors (Lipinski definition) is 1. The van der Waals surface area contributed by atoms with Crippen LogP contribution in [0.3, 0.4) is 0 Å². The number of aryl methyl sites for hydroxylation is 1. The molecule has 0 unspecified atom stereocenters. The predicted molar refractivity (Wildman–Crippen MR) is 133 cm³/mol. The van der Waals surface area contributed by atoms with Crippen LogP contribution < -0.4 is 9.47 Å². The first-order valence-electron chi connectivity index (χ1n) is 10.9. The Bertz CT molecular complexity index is 1460. The number of furan rings is 1. The highest BCUT2D eigenvalue weighted by Crippen LogP contribution is 2.37. The van der Waals surface area contributed by atoms with Gasteiger partial charge >= 0.3 is 0 Å². The first kappa shape index (κ1) is 25.7. The smallest absolute Gasteiger partial charge is 0.204 e. The molecule has 0 amide bonds. The summed E-state index contributed by atoms with van der Waals surface area (Å²) in [4.78, 5) is 4.04. The lowest BCUT2D eigenvalue weighted by atomic mass is 10.2. The van der Waals surface area contributed by atoms with E-state index in [-0.39, 0.29) is 22.5 Å². The second-order valence-corrected chi connectivity index (χ2v) is 10.8. The third kappa shape index (κ3) is 4.95. The zero-order valence-corrected chi connectivity index (χ0v) is 21.6. The van der Waals surface area contributed by atoms with Gasteiger partial charge in [-0.2, -0.15) is 0 Å². The summed E-state index contributed by atoms with van der Waals surface area (Å²) in [6.07, 6.45) is -1.40. The maximum absolute atomic E-state index is 13.5. The van der Waals surface area contributed by atoms with E-state index >= 15 is 0 Å². The van der Waals surface area contributed by atoms with E-state index in [0.29, 0.717) is 28.7 Å². The van der Waals surface area contributed by atoms with Crippen LogP contribution in [0.15, 0.2) is 52.9 Å². The Morgan fingerprint density at radius 1 is 1.06 bits per heavy atom. The molecule has 0 aliphatic rings. The Kier molecular flexibility index (Phi) is 7.34. The minimum absolute atomic E-state index is 0.0833. The molecule has 2 atom stereocenters. The van der Waals surface area contributed by atoms with E-state index in [9.17, 15) is 13.5 Å². The molecule has 36 heavy (non-hydrogen) atoms. The molecular weight excluding hydrogens is 508 g/mol. The van der Waals surface area contributed by atoms with Gasteiger partial charge in [-0.05, 0) is 50.2 Å². The quantitative estimate of drug-likeness (QED) is 0.318. The summed E-state index contributed by atoms with van der Waals surface area (Å²) in [7, 11) is -0.991. The standard InChI is InChI=1S/C24H25ClN4O6S/c1-14-11-12-19(35-14)24-28-27-21(29(24)22-17(33-3)8-6-9-18(22)34-4)13-36(31,32)15(2)23(30)16-7-5-10-20(25)26-16/h5-12,15,23,30H,13H2,1-4H3/t15-,23+/m0/s1. The van der Waals surface area contributed by atoms with Crippen LogP contribution in [0.1, 0.15) is 30.3 Å². The van der Waals surface area contributed by atoms with Gasteiger partial charge in [0, 0.05) is 0 Å². The van der Waals surface area contributed by atoms with Gasteiger partial charge in [0.05, 0.1) is 25.2 Å². The zero-order valence-electron chi connectivity index (χ0n) is 20.0. The number of rotatable bonds is 9. The number of aliphatic hydroxyl groups is 1. The third-order valence-electron chi connectivity index (χ3n) is 5.70. The topological polar surface area (TPSA) is 130 Å². The van der Waals surface area contributed by atoms with E-state index in [1.165, 1.54) is 37.8 Å². The molecule has 1 aromatic carbocycles. The molecule has 4 aromatic rings. The summed E-state index contributed by atoms with van der Waals surface area (Å²) >= 11 is 5.92. The molecule has 0 radical (unpaired) electrons. The normalized spacial score (nSPS) is 13.4. The van der Waals surface area contributed by atoms with Crippen LogP contribution in [0.2, 0.25) is 5.15 Å². The monoisotopic (exact) mass is 532 g/mol. The number of sulfone groups is 1. The highest BCUT2D eigenvalue weighted by molar-refractivity contribution is 7.91. The van der Waals surface area contributed by atoms with Gasteiger partial charge in [0.15, 0.2) is 21.4 Å². The lowest BCUT2D eigenvalue weighted by Gasteiger charge is -2.20. The van der Waals surface area contributed by atoms with Gasteiger partial charge in [-0.15, -0.1) is 10.2 Å². The van der Waals surface area contributed by atoms with Crippen molar-refractivity contribution in [3.05, 3.63) is 71.0 Å². The van der Waals surface area contributed by atoms with Crippen molar-refractivity contribution in [3.63, 3.8) is 0 Å². The molecule has 4 rings (SSSR count). The van der Waals surface area contributed by atoms with Crippen molar-refractivity contribution in [1.82, 2.24) is 19.7 Å². The summed E-state index contributed by atoms with van der Waals surface area (Å²) < 4.78 is 45.3. The van der Waals surface area contributed by atoms with Crippen molar-refractivity contribution in [1.29, 1.82) is 0 Å². The molecule has 0 saturated carbocycles. The molecule has 0 bridgehead atoms. The average molecular weight is 533 g/mol. The maximum atomic E-state index is 13.5. The number of pyridine rings is 1. The summed E-state index contributed by atoms with van der Waals surface area (Å²) in [5, 5.41) is 18.1. The van der Waals surface area contributed by atoms with Crippen molar-refractivity contribution in [2.24, 2.45) is 0 Å². The highest BCUT2D eigenvalue weighted by atomic mass is 35.5. The van der Waals surface area contributed by atoms with E-state index in [1.807, 2.05) is 0 Å². The minimum Gasteiger partial charge on any atom is -0.494 e. The summed E-state index contributed by atoms with van der Waals surface area (Å²) in [6.45, 7) is 3.19. The Morgan fingerprint density at radius 3 is 2.31 bits per heavy atom.